The van der Waals surface area contributed by atoms with Crippen molar-refractivity contribution in [3.05, 3.63) is 53.3 Å². The van der Waals surface area contributed by atoms with Crippen LogP contribution >= 0.6 is 11.6 Å². The van der Waals surface area contributed by atoms with E-state index in [1.807, 2.05) is 4.90 Å². The van der Waals surface area contributed by atoms with Gasteiger partial charge in [0.15, 0.2) is 0 Å². The molecule has 1 aliphatic heterocycles. The Kier molecular flexibility index (Phi) is 8.28. The summed E-state index contributed by atoms with van der Waals surface area (Å²) in [5.41, 5.74) is 0.527. The van der Waals surface area contributed by atoms with Crippen LogP contribution in [0.15, 0.2) is 52.3 Å². The third kappa shape index (κ3) is 5.87. The van der Waals surface area contributed by atoms with Gasteiger partial charge in [-0.15, -0.1) is 0 Å². The minimum Gasteiger partial charge on any atom is -0.367 e. The lowest BCUT2D eigenvalue weighted by Gasteiger charge is -2.44. The molecule has 0 amide bonds. The van der Waals surface area contributed by atoms with E-state index in [2.05, 4.69) is 9.62 Å². The maximum absolute atomic E-state index is 14.4. The van der Waals surface area contributed by atoms with Crippen molar-refractivity contribution in [1.29, 1.82) is 0 Å². The summed E-state index contributed by atoms with van der Waals surface area (Å²) in [6.07, 6.45) is 3.55. The Labute approximate surface area is 218 Å². The third-order valence-electron chi connectivity index (χ3n) is 6.98. The fourth-order valence-corrected chi connectivity index (χ4v) is 7.35. The van der Waals surface area contributed by atoms with Crippen molar-refractivity contribution in [3.63, 3.8) is 0 Å². The summed E-state index contributed by atoms with van der Waals surface area (Å²) in [5, 5.41) is 0.362. The smallest absolute Gasteiger partial charge is 0.242 e. The maximum atomic E-state index is 14.4. The molecule has 12 heteroatoms. The molecule has 36 heavy (non-hydrogen) atoms. The van der Waals surface area contributed by atoms with Gasteiger partial charge in [-0.05, 0) is 55.3 Å². The highest BCUT2D eigenvalue weighted by Crippen LogP contribution is 2.29. The number of nitrogens with one attached hydrogen (secondary N) is 1. The molecule has 2 atom stereocenters. The average molecular weight is 559 g/mol. The molecule has 0 bridgehead atoms. The topological polar surface area (TPSA) is 90.0 Å². The predicted octanol–water partition coefficient (Wildman–Crippen LogP) is 3.14. The average Bonchev–Trinajstić information content (AvgIpc) is 2.84. The lowest BCUT2D eigenvalue weighted by atomic mass is 9.89. The van der Waals surface area contributed by atoms with Gasteiger partial charge in [-0.25, -0.2) is 30.3 Å². The molecule has 2 aromatic rings. The molecule has 2 fully saturated rings. The molecular formula is C24H32ClFN4O4S2. The van der Waals surface area contributed by atoms with Gasteiger partial charge in [0.1, 0.15) is 5.82 Å². The largest absolute Gasteiger partial charge is 0.367 e. The SMILES string of the molecule is CN(C)S(=O)(=O)c1ccc(S(=O)(=O)N[C@H]2CCCC[C@H]2N2CCN(c3ccc(Cl)cc3F)CC2)cc1. The van der Waals surface area contributed by atoms with E-state index in [0.29, 0.717) is 36.9 Å². The summed E-state index contributed by atoms with van der Waals surface area (Å²) in [4.78, 5) is 4.36. The number of hydrogen-bond donors (Lipinski definition) is 1. The standard InChI is InChI=1S/C24H32ClFN4O4S2/c1-28(2)36(33,34)20-10-8-19(9-11-20)35(31,32)27-22-5-3-4-6-24(22)30-15-13-29(14-16-30)23-12-7-18(25)17-21(23)26/h7-12,17,22,24,27H,3-6,13-16H2,1-2H3/t22-,24+/m0/s1. The van der Waals surface area contributed by atoms with Gasteiger partial charge in [-0.3, -0.25) is 4.90 Å². The molecule has 4 rings (SSSR count). The Bertz CT molecular complexity index is 1280. The molecule has 1 aliphatic carbocycles. The highest BCUT2D eigenvalue weighted by atomic mass is 35.5. The van der Waals surface area contributed by atoms with E-state index < -0.39 is 20.0 Å². The van der Waals surface area contributed by atoms with Crippen LogP contribution < -0.4 is 9.62 Å². The van der Waals surface area contributed by atoms with E-state index in [1.165, 1.54) is 44.4 Å². The minimum atomic E-state index is -3.84. The zero-order valence-electron chi connectivity index (χ0n) is 20.4. The zero-order valence-corrected chi connectivity index (χ0v) is 22.8. The first-order chi connectivity index (χ1) is 17.0. The van der Waals surface area contributed by atoms with Crippen LogP contribution in [0, 0.1) is 5.82 Å². The van der Waals surface area contributed by atoms with Gasteiger partial charge in [-0.2, -0.15) is 0 Å². The number of piperazine rings is 1. The zero-order chi connectivity index (χ0) is 26.1. The number of benzene rings is 2. The number of hydrogen-bond acceptors (Lipinski definition) is 6. The molecule has 0 aromatic heterocycles. The fourth-order valence-electron chi connectivity index (χ4n) is 4.99. The van der Waals surface area contributed by atoms with E-state index >= 15 is 0 Å². The van der Waals surface area contributed by atoms with Crippen molar-refractivity contribution in [2.24, 2.45) is 0 Å². The molecule has 1 saturated heterocycles. The highest BCUT2D eigenvalue weighted by Gasteiger charge is 2.35. The quantitative estimate of drug-likeness (QED) is 0.561. The molecule has 0 unspecified atom stereocenters. The summed E-state index contributed by atoms with van der Waals surface area (Å²) in [6, 6.07) is 9.77. The van der Waals surface area contributed by atoms with E-state index in [9.17, 15) is 21.2 Å². The maximum Gasteiger partial charge on any atom is 0.242 e. The Morgan fingerprint density at radius 1 is 0.917 bits per heavy atom. The number of halogens is 2. The first-order valence-electron chi connectivity index (χ1n) is 12.0. The van der Waals surface area contributed by atoms with E-state index in [-0.39, 0.29) is 27.7 Å². The number of sulfonamides is 2. The summed E-state index contributed by atoms with van der Waals surface area (Å²) in [6.45, 7) is 2.66. The lowest BCUT2D eigenvalue weighted by Crippen LogP contribution is -2.58. The Morgan fingerprint density at radius 2 is 1.53 bits per heavy atom. The van der Waals surface area contributed by atoms with Gasteiger partial charge in [0.25, 0.3) is 0 Å². The molecule has 1 N–H and O–H groups in total. The summed E-state index contributed by atoms with van der Waals surface area (Å²) < 4.78 is 69.3. The molecule has 2 aromatic carbocycles. The van der Waals surface area contributed by atoms with Gasteiger partial charge < -0.3 is 4.90 Å². The van der Waals surface area contributed by atoms with Crippen molar-refractivity contribution in [2.45, 2.75) is 47.6 Å². The number of nitrogens with zero attached hydrogens (tertiary/aromatic N) is 3. The second kappa shape index (κ2) is 10.9. The molecule has 1 heterocycles. The van der Waals surface area contributed by atoms with Crippen LogP contribution in [-0.2, 0) is 20.0 Å². The Morgan fingerprint density at radius 3 is 2.14 bits per heavy atom. The third-order valence-corrected chi connectivity index (χ3v) is 10.6. The summed E-state index contributed by atoms with van der Waals surface area (Å²) in [7, 11) is -4.62. The van der Waals surface area contributed by atoms with Gasteiger partial charge in [0.2, 0.25) is 20.0 Å². The monoisotopic (exact) mass is 558 g/mol. The normalized spacial score (nSPS) is 22.2. The molecule has 0 spiro atoms. The van der Waals surface area contributed by atoms with E-state index in [0.717, 1.165) is 30.0 Å². The molecule has 8 nitrogen and oxygen atoms in total. The van der Waals surface area contributed by atoms with Crippen molar-refractivity contribution in [1.82, 2.24) is 13.9 Å². The highest BCUT2D eigenvalue weighted by molar-refractivity contribution is 7.89. The second-order valence-corrected chi connectivity index (χ2v) is 13.8. The molecular weight excluding hydrogens is 527 g/mol. The molecule has 1 saturated carbocycles. The minimum absolute atomic E-state index is 0.0348. The van der Waals surface area contributed by atoms with Crippen molar-refractivity contribution >= 4 is 37.3 Å². The Balaban J connectivity index is 1.44. The van der Waals surface area contributed by atoms with Gasteiger partial charge >= 0.3 is 0 Å². The molecule has 198 valence electrons. The molecule has 0 radical (unpaired) electrons. The van der Waals surface area contributed by atoms with Gasteiger partial charge in [-0.1, -0.05) is 24.4 Å². The van der Waals surface area contributed by atoms with Crippen molar-refractivity contribution in [3.8, 4) is 0 Å². The lowest BCUT2D eigenvalue weighted by molar-refractivity contribution is 0.124. The predicted molar refractivity (Wildman–Crippen MR) is 139 cm³/mol. The van der Waals surface area contributed by atoms with Crippen molar-refractivity contribution in [2.75, 3.05) is 45.2 Å². The van der Waals surface area contributed by atoms with Gasteiger partial charge in [0.05, 0.1) is 15.5 Å². The first kappa shape index (κ1) is 27.3. The molecule has 2 aliphatic rings. The first-order valence-corrected chi connectivity index (χ1v) is 15.3. The number of anilines is 1. The van der Waals surface area contributed by atoms with Crippen LogP contribution in [0.25, 0.3) is 0 Å². The van der Waals surface area contributed by atoms with E-state index in [1.54, 1.807) is 12.1 Å². The van der Waals surface area contributed by atoms with Crippen molar-refractivity contribution < 1.29 is 21.2 Å². The van der Waals surface area contributed by atoms with Crippen LogP contribution in [0.2, 0.25) is 5.02 Å². The second-order valence-electron chi connectivity index (χ2n) is 9.46. The van der Waals surface area contributed by atoms with Crippen LogP contribution in [0.3, 0.4) is 0 Å². The van der Waals surface area contributed by atoms with E-state index in [4.69, 9.17) is 11.6 Å². The van der Waals surface area contributed by atoms with Crippen LogP contribution in [0.5, 0.6) is 0 Å². The summed E-state index contributed by atoms with van der Waals surface area (Å²) in [5.74, 6) is -0.344. The van der Waals surface area contributed by atoms with Gasteiger partial charge in [0, 0.05) is 57.4 Å². The fraction of sp³-hybridized carbons (Fsp3) is 0.500. The Hall–Kier alpha value is -1.76. The van der Waals surface area contributed by atoms with Crippen LogP contribution in [-0.4, -0.2) is 78.4 Å². The number of rotatable bonds is 7. The van der Waals surface area contributed by atoms with Crippen LogP contribution in [0.4, 0.5) is 10.1 Å². The van der Waals surface area contributed by atoms with Crippen LogP contribution in [0.1, 0.15) is 25.7 Å². The summed E-state index contributed by atoms with van der Waals surface area (Å²) >= 11 is 5.88.